The molecule has 98 valence electrons. The maximum absolute atomic E-state index is 11.4. The maximum atomic E-state index is 11.4. The lowest BCUT2D eigenvalue weighted by Gasteiger charge is -2.15. The van der Waals surface area contributed by atoms with E-state index in [0.29, 0.717) is 5.56 Å². The average molecular weight is 251 g/mol. The SMILES string of the molecule is CC(C)COC(=O)N[C@@H](C(=O)O)c1ccccc1. The van der Waals surface area contributed by atoms with Crippen molar-refractivity contribution in [3.63, 3.8) is 0 Å². The summed E-state index contributed by atoms with van der Waals surface area (Å²) in [5.41, 5.74) is 0.506. The molecule has 0 heterocycles. The molecular formula is C13H17NO4. The normalized spacial score (nSPS) is 11.9. The number of aliphatic carboxylic acids is 1. The quantitative estimate of drug-likeness (QED) is 0.841. The Labute approximate surface area is 106 Å². The molecule has 0 aromatic heterocycles. The molecule has 1 aromatic carbocycles. The molecule has 0 unspecified atom stereocenters. The number of rotatable bonds is 5. The molecule has 1 aromatic rings. The first kappa shape index (κ1) is 14.0. The summed E-state index contributed by atoms with van der Waals surface area (Å²) in [6, 6.07) is 7.40. The lowest BCUT2D eigenvalue weighted by molar-refractivity contribution is -0.139. The van der Waals surface area contributed by atoms with E-state index in [1.807, 2.05) is 13.8 Å². The van der Waals surface area contributed by atoms with Gasteiger partial charge in [-0.05, 0) is 11.5 Å². The van der Waals surface area contributed by atoms with Gasteiger partial charge in [0.2, 0.25) is 0 Å². The number of amides is 1. The second kappa shape index (κ2) is 6.64. The second-order valence-electron chi connectivity index (χ2n) is 4.32. The molecule has 0 fully saturated rings. The van der Waals surface area contributed by atoms with Crippen LogP contribution in [0.25, 0.3) is 0 Å². The summed E-state index contributed by atoms with van der Waals surface area (Å²) in [5, 5.41) is 11.4. The number of ether oxygens (including phenoxy) is 1. The van der Waals surface area contributed by atoms with Gasteiger partial charge >= 0.3 is 12.1 Å². The van der Waals surface area contributed by atoms with Gasteiger partial charge in [-0.15, -0.1) is 0 Å². The van der Waals surface area contributed by atoms with Gasteiger partial charge in [-0.2, -0.15) is 0 Å². The van der Waals surface area contributed by atoms with E-state index in [0.717, 1.165) is 0 Å². The van der Waals surface area contributed by atoms with Crippen LogP contribution in [0.1, 0.15) is 25.5 Å². The summed E-state index contributed by atoms with van der Waals surface area (Å²) >= 11 is 0. The van der Waals surface area contributed by atoms with Crippen molar-refractivity contribution in [3.05, 3.63) is 35.9 Å². The van der Waals surface area contributed by atoms with Gasteiger partial charge < -0.3 is 15.2 Å². The monoisotopic (exact) mass is 251 g/mol. The lowest BCUT2D eigenvalue weighted by atomic mass is 10.1. The molecule has 2 N–H and O–H groups in total. The van der Waals surface area contributed by atoms with E-state index < -0.39 is 18.1 Å². The van der Waals surface area contributed by atoms with Crippen LogP contribution in [0.2, 0.25) is 0 Å². The lowest BCUT2D eigenvalue weighted by Crippen LogP contribution is -2.34. The highest BCUT2D eigenvalue weighted by Gasteiger charge is 2.22. The number of carbonyl (C=O) groups excluding carboxylic acids is 1. The van der Waals surface area contributed by atoms with Gasteiger partial charge in [0.1, 0.15) is 0 Å². The van der Waals surface area contributed by atoms with Crippen molar-refractivity contribution >= 4 is 12.1 Å². The van der Waals surface area contributed by atoms with Crippen molar-refractivity contribution in [2.45, 2.75) is 19.9 Å². The van der Waals surface area contributed by atoms with Crippen LogP contribution in [0, 0.1) is 5.92 Å². The second-order valence-corrected chi connectivity index (χ2v) is 4.32. The molecule has 0 saturated carbocycles. The van der Waals surface area contributed by atoms with Crippen molar-refractivity contribution in [2.75, 3.05) is 6.61 Å². The number of hydrogen-bond donors (Lipinski definition) is 2. The van der Waals surface area contributed by atoms with E-state index in [-0.39, 0.29) is 12.5 Å². The Bertz CT molecular complexity index is 403. The highest BCUT2D eigenvalue weighted by molar-refractivity contribution is 5.81. The minimum atomic E-state index is -1.12. The fourth-order valence-electron chi connectivity index (χ4n) is 1.34. The van der Waals surface area contributed by atoms with Gasteiger partial charge in [0.15, 0.2) is 6.04 Å². The largest absolute Gasteiger partial charge is 0.479 e. The predicted molar refractivity (Wildman–Crippen MR) is 66.1 cm³/mol. The average Bonchev–Trinajstić information content (AvgIpc) is 2.34. The van der Waals surface area contributed by atoms with Crippen LogP contribution in [-0.2, 0) is 9.53 Å². The highest BCUT2D eigenvalue weighted by Crippen LogP contribution is 2.12. The van der Waals surface area contributed by atoms with Gasteiger partial charge in [0.25, 0.3) is 0 Å². The van der Waals surface area contributed by atoms with E-state index in [2.05, 4.69) is 5.32 Å². The summed E-state index contributed by atoms with van der Waals surface area (Å²) < 4.78 is 4.89. The van der Waals surface area contributed by atoms with Crippen molar-refractivity contribution in [3.8, 4) is 0 Å². The van der Waals surface area contributed by atoms with Crippen LogP contribution in [0.4, 0.5) is 4.79 Å². The Morgan fingerprint density at radius 3 is 2.39 bits per heavy atom. The molecule has 5 heteroatoms. The summed E-state index contributed by atoms with van der Waals surface area (Å²) in [6.45, 7) is 4.06. The number of alkyl carbamates (subject to hydrolysis) is 1. The summed E-state index contributed by atoms with van der Waals surface area (Å²) in [5.74, 6) is -0.918. The third-order valence-corrected chi connectivity index (χ3v) is 2.19. The van der Waals surface area contributed by atoms with E-state index >= 15 is 0 Å². The molecule has 0 bridgehead atoms. The first-order chi connectivity index (χ1) is 8.50. The fraction of sp³-hybridized carbons (Fsp3) is 0.385. The topological polar surface area (TPSA) is 75.6 Å². The molecule has 0 saturated heterocycles. The van der Waals surface area contributed by atoms with Gasteiger partial charge in [-0.1, -0.05) is 44.2 Å². The Kier molecular flexibility index (Phi) is 5.17. The molecule has 5 nitrogen and oxygen atoms in total. The first-order valence-electron chi connectivity index (χ1n) is 5.71. The molecule has 0 aliphatic carbocycles. The Hall–Kier alpha value is -2.04. The molecular weight excluding hydrogens is 234 g/mol. The molecule has 0 aliphatic rings. The minimum Gasteiger partial charge on any atom is -0.479 e. The first-order valence-corrected chi connectivity index (χ1v) is 5.71. The summed E-state index contributed by atoms with van der Waals surface area (Å²) in [7, 11) is 0. The third kappa shape index (κ3) is 4.45. The third-order valence-electron chi connectivity index (χ3n) is 2.19. The van der Waals surface area contributed by atoms with Crippen molar-refractivity contribution < 1.29 is 19.4 Å². The Balaban J connectivity index is 2.65. The maximum Gasteiger partial charge on any atom is 0.408 e. The van der Waals surface area contributed by atoms with Crippen molar-refractivity contribution in [1.82, 2.24) is 5.32 Å². The number of hydrogen-bond acceptors (Lipinski definition) is 3. The number of carboxylic acid groups (broad SMARTS) is 1. The van der Waals surface area contributed by atoms with Gasteiger partial charge in [0, 0.05) is 0 Å². The van der Waals surface area contributed by atoms with Gasteiger partial charge in [-0.25, -0.2) is 9.59 Å². The molecule has 1 amide bonds. The molecule has 0 spiro atoms. The van der Waals surface area contributed by atoms with Crippen LogP contribution >= 0.6 is 0 Å². The van der Waals surface area contributed by atoms with Crippen LogP contribution in [-0.4, -0.2) is 23.8 Å². The number of carboxylic acids is 1. The van der Waals surface area contributed by atoms with Crippen molar-refractivity contribution in [2.24, 2.45) is 5.92 Å². The number of carbonyl (C=O) groups is 2. The molecule has 0 aliphatic heterocycles. The number of benzene rings is 1. The summed E-state index contributed by atoms with van der Waals surface area (Å²) in [4.78, 5) is 22.5. The minimum absolute atomic E-state index is 0.204. The fourth-order valence-corrected chi connectivity index (χ4v) is 1.34. The molecule has 1 atom stereocenters. The Morgan fingerprint density at radius 2 is 1.89 bits per heavy atom. The van der Waals surface area contributed by atoms with Crippen LogP contribution in [0.5, 0.6) is 0 Å². The van der Waals surface area contributed by atoms with E-state index in [1.54, 1.807) is 30.3 Å². The molecule has 0 radical (unpaired) electrons. The predicted octanol–water partition coefficient (Wildman–Crippen LogP) is 2.19. The zero-order valence-electron chi connectivity index (χ0n) is 10.4. The van der Waals surface area contributed by atoms with E-state index in [4.69, 9.17) is 9.84 Å². The van der Waals surface area contributed by atoms with Gasteiger partial charge in [0.05, 0.1) is 6.61 Å². The van der Waals surface area contributed by atoms with E-state index in [9.17, 15) is 9.59 Å². The summed E-state index contributed by atoms with van der Waals surface area (Å²) in [6.07, 6.45) is -0.722. The zero-order valence-corrected chi connectivity index (χ0v) is 10.4. The zero-order chi connectivity index (χ0) is 13.5. The Morgan fingerprint density at radius 1 is 1.28 bits per heavy atom. The van der Waals surface area contributed by atoms with Gasteiger partial charge in [-0.3, -0.25) is 0 Å². The number of nitrogens with one attached hydrogen (secondary N) is 1. The smallest absolute Gasteiger partial charge is 0.408 e. The van der Waals surface area contributed by atoms with Crippen LogP contribution in [0.15, 0.2) is 30.3 Å². The van der Waals surface area contributed by atoms with Crippen LogP contribution < -0.4 is 5.32 Å². The van der Waals surface area contributed by atoms with Crippen LogP contribution in [0.3, 0.4) is 0 Å². The van der Waals surface area contributed by atoms with E-state index in [1.165, 1.54) is 0 Å². The van der Waals surface area contributed by atoms with Crippen molar-refractivity contribution in [1.29, 1.82) is 0 Å². The molecule has 1 rings (SSSR count). The molecule has 18 heavy (non-hydrogen) atoms. The standard InChI is InChI=1S/C13H17NO4/c1-9(2)8-18-13(17)14-11(12(15)16)10-6-4-3-5-7-10/h3-7,9,11H,8H2,1-2H3,(H,14,17)(H,15,16)/t11-/m1/s1. The highest BCUT2D eigenvalue weighted by atomic mass is 16.5.